The van der Waals surface area contributed by atoms with Crippen molar-refractivity contribution < 1.29 is 4.74 Å². The van der Waals surface area contributed by atoms with Gasteiger partial charge in [-0.15, -0.1) is 0 Å². The summed E-state index contributed by atoms with van der Waals surface area (Å²) in [5.74, 6) is 0.614. The Bertz CT molecular complexity index is 408. The van der Waals surface area contributed by atoms with Gasteiger partial charge in [0.1, 0.15) is 0 Å². The van der Waals surface area contributed by atoms with Crippen molar-refractivity contribution in [2.75, 3.05) is 6.61 Å². The molecule has 0 amide bonds. The molecule has 2 heteroatoms. The van der Waals surface area contributed by atoms with Crippen LogP contribution in [-0.4, -0.2) is 18.2 Å². The van der Waals surface area contributed by atoms with Crippen LogP contribution >= 0.6 is 0 Å². The highest BCUT2D eigenvalue weighted by Crippen LogP contribution is 2.34. The normalized spacial score (nSPS) is 20.9. The number of benzene rings is 1. The molecule has 0 heterocycles. The van der Waals surface area contributed by atoms with E-state index in [2.05, 4.69) is 45.0 Å². The van der Waals surface area contributed by atoms with E-state index in [1.165, 1.54) is 30.4 Å². The summed E-state index contributed by atoms with van der Waals surface area (Å²) in [6.45, 7) is 6.89. The number of aryl methyl sites for hydroxylation is 1. The van der Waals surface area contributed by atoms with E-state index >= 15 is 0 Å². The van der Waals surface area contributed by atoms with Crippen LogP contribution in [0.3, 0.4) is 0 Å². The Morgan fingerprint density at radius 2 is 2.05 bits per heavy atom. The molecule has 0 aromatic heterocycles. The smallest absolute Gasteiger partial charge is 0.0624 e. The van der Waals surface area contributed by atoms with Crippen LogP contribution in [0.1, 0.15) is 57.1 Å². The van der Waals surface area contributed by atoms with Crippen molar-refractivity contribution in [3.05, 3.63) is 35.4 Å². The standard InChI is InChI=1S/C17H27NO/c1-17(2,3)19-12-15(18)11-14-9-6-8-13-7-4-5-10-16(13)14/h4-5,7,10,14-15H,6,8-9,11-12,18H2,1-3H3. The fraction of sp³-hybridized carbons (Fsp3) is 0.647. The largest absolute Gasteiger partial charge is 0.374 e. The predicted octanol–water partition coefficient (Wildman–Crippen LogP) is 3.64. The summed E-state index contributed by atoms with van der Waals surface area (Å²) in [4.78, 5) is 0. The van der Waals surface area contributed by atoms with Crippen molar-refractivity contribution in [1.29, 1.82) is 0 Å². The number of nitrogens with two attached hydrogens (primary N) is 1. The van der Waals surface area contributed by atoms with E-state index in [0.29, 0.717) is 12.5 Å². The number of rotatable bonds is 4. The lowest BCUT2D eigenvalue weighted by molar-refractivity contribution is -0.0116. The minimum absolute atomic E-state index is 0.0951. The molecule has 2 unspecified atom stereocenters. The van der Waals surface area contributed by atoms with E-state index in [1.807, 2.05) is 0 Å². The van der Waals surface area contributed by atoms with E-state index in [-0.39, 0.29) is 11.6 Å². The van der Waals surface area contributed by atoms with Crippen LogP contribution in [0.2, 0.25) is 0 Å². The number of ether oxygens (including phenoxy) is 1. The first-order valence-electron chi connectivity index (χ1n) is 7.43. The fourth-order valence-electron chi connectivity index (χ4n) is 2.89. The van der Waals surface area contributed by atoms with Gasteiger partial charge in [-0.3, -0.25) is 0 Å². The quantitative estimate of drug-likeness (QED) is 0.898. The van der Waals surface area contributed by atoms with Crippen LogP contribution in [0.25, 0.3) is 0 Å². The molecule has 2 nitrogen and oxygen atoms in total. The predicted molar refractivity (Wildman–Crippen MR) is 80.4 cm³/mol. The first-order valence-corrected chi connectivity index (χ1v) is 7.43. The molecule has 19 heavy (non-hydrogen) atoms. The lowest BCUT2D eigenvalue weighted by Crippen LogP contribution is -2.33. The molecule has 2 atom stereocenters. The van der Waals surface area contributed by atoms with Crippen LogP contribution in [0.5, 0.6) is 0 Å². The molecule has 2 rings (SSSR count). The summed E-state index contributed by atoms with van der Waals surface area (Å²) in [6, 6.07) is 8.96. The van der Waals surface area contributed by atoms with Gasteiger partial charge >= 0.3 is 0 Å². The van der Waals surface area contributed by atoms with Crippen LogP contribution < -0.4 is 5.73 Å². The highest BCUT2D eigenvalue weighted by molar-refractivity contribution is 5.32. The van der Waals surface area contributed by atoms with Gasteiger partial charge in [-0.2, -0.15) is 0 Å². The fourth-order valence-corrected chi connectivity index (χ4v) is 2.89. The first-order chi connectivity index (χ1) is 8.96. The second-order valence-electron chi connectivity index (χ2n) is 6.71. The van der Waals surface area contributed by atoms with Crippen molar-refractivity contribution >= 4 is 0 Å². The van der Waals surface area contributed by atoms with Crippen molar-refractivity contribution in [3.8, 4) is 0 Å². The van der Waals surface area contributed by atoms with Gasteiger partial charge in [-0.05, 0) is 63.5 Å². The summed E-state index contributed by atoms with van der Waals surface area (Å²) in [5.41, 5.74) is 9.18. The summed E-state index contributed by atoms with van der Waals surface area (Å²) < 4.78 is 5.80. The minimum atomic E-state index is -0.0951. The average Bonchev–Trinajstić information content (AvgIpc) is 2.36. The third-order valence-electron chi connectivity index (χ3n) is 3.81. The van der Waals surface area contributed by atoms with Crippen LogP contribution in [0.15, 0.2) is 24.3 Å². The maximum atomic E-state index is 6.24. The molecule has 0 spiro atoms. The molecular weight excluding hydrogens is 234 g/mol. The Hall–Kier alpha value is -0.860. The van der Waals surface area contributed by atoms with Crippen molar-refractivity contribution in [2.45, 2.75) is 64.0 Å². The zero-order chi connectivity index (χ0) is 13.9. The Kier molecular flexibility index (Phi) is 4.64. The average molecular weight is 261 g/mol. The number of fused-ring (bicyclic) bond motifs is 1. The molecule has 2 N–H and O–H groups in total. The van der Waals surface area contributed by atoms with Gasteiger partial charge < -0.3 is 10.5 Å². The molecule has 0 saturated carbocycles. The molecule has 1 aliphatic rings. The molecule has 1 aliphatic carbocycles. The number of hydrogen-bond donors (Lipinski definition) is 1. The Morgan fingerprint density at radius 3 is 2.79 bits per heavy atom. The van der Waals surface area contributed by atoms with Crippen LogP contribution in [0, 0.1) is 0 Å². The summed E-state index contributed by atoms with van der Waals surface area (Å²) in [6.07, 6.45) is 4.81. The second kappa shape index (κ2) is 6.06. The van der Waals surface area contributed by atoms with E-state index in [4.69, 9.17) is 10.5 Å². The molecule has 0 aliphatic heterocycles. The molecule has 1 aromatic carbocycles. The molecule has 1 aromatic rings. The van der Waals surface area contributed by atoms with E-state index in [0.717, 1.165) is 6.42 Å². The minimum Gasteiger partial charge on any atom is -0.374 e. The van der Waals surface area contributed by atoms with E-state index in [1.54, 1.807) is 0 Å². The van der Waals surface area contributed by atoms with E-state index in [9.17, 15) is 0 Å². The van der Waals surface area contributed by atoms with E-state index < -0.39 is 0 Å². The van der Waals surface area contributed by atoms with Crippen LogP contribution in [0.4, 0.5) is 0 Å². The Morgan fingerprint density at radius 1 is 1.32 bits per heavy atom. The third-order valence-corrected chi connectivity index (χ3v) is 3.81. The zero-order valence-corrected chi connectivity index (χ0v) is 12.5. The van der Waals surface area contributed by atoms with Gasteiger partial charge in [0.15, 0.2) is 0 Å². The molecule has 0 bridgehead atoms. The maximum Gasteiger partial charge on any atom is 0.0624 e. The summed E-state index contributed by atoms with van der Waals surface area (Å²) in [5, 5.41) is 0. The topological polar surface area (TPSA) is 35.2 Å². The lowest BCUT2D eigenvalue weighted by atomic mass is 9.80. The molecule has 106 valence electrons. The second-order valence-corrected chi connectivity index (χ2v) is 6.71. The third kappa shape index (κ3) is 4.32. The maximum absolute atomic E-state index is 6.24. The monoisotopic (exact) mass is 261 g/mol. The Balaban J connectivity index is 1.93. The van der Waals surface area contributed by atoms with Gasteiger partial charge in [-0.1, -0.05) is 24.3 Å². The summed E-state index contributed by atoms with van der Waals surface area (Å²) in [7, 11) is 0. The van der Waals surface area contributed by atoms with Gasteiger partial charge in [0.2, 0.25) is 0 Å². The Labute approximate surface area is 117 Å². The van der Waals surface area contributed by atoms with Crippen molar-refractivity contribution in [3.63, 3.8) is 0 Å². The molecule has 0 saturated heterocycles. The molecule has 0 fully saturated rings. The SMILES string of the molecule is CC(C)(C)OCC(N)CC1CCCc2ccccc21. The van der Waals surface area contributed by atoms with Gasteiger partial charge in [0.05, 0.1) is 12.2 Å². The number of hydrogen-bond acceptors (Lipinski definition) is 2. The first kappa shape index (κ1) is 14.5. The zero-order valence-electron chi connectivity index (χ0n) is 12.5. The van der Waals surface area contributed by atoms with Gasteiger partial charge in [0.25, 0.3) is 0 Å². The highest BCUT2D eigenvalue weighted by Gasteiger charge is 2.22. The van der Waals surface area contributed by atoms with Crippen LogP contribution in [-0.2, 0) is 11.2 Å². The van der Waals surface area contributed by atoms with Gasteiger partial charge in [0, 0.05) is 6.04 Å². The summed E-state index contributed by atoms with van der Waals surface area (Å²) >= 11 is 0. The lowest BCUT2D eigenvalue weighted by Gasteiger charge is -2.29. The highest BCUT2D eigenvalue weighted by atomic mass is 16.5. The molecule has 0 radical (unpaired) electrons. The van der Waals surface area contributed by atoms with Crippen molar-refractivity contribution in [2.24, 2.45) is 5.73 Å². The molecular formula is C17H27NO. The van der Waals surface area contributed by atoms with Gasteiger partial charge in [-0.25, -0.2) is 0 Å². The van der Waals surface area contributed by atoms with Crippen molar-refractivity contribution in [1.82, 2.24) is 0 Å².